The number of unbranched alkanes of at least 4 members (excludes halogenated alkanes) is 1. The average molecular weight is 540 g/mol. The van der Waals surface area contributed by atoms with Gasteiger partial charge in [-0.25, -0.2) is 4.79 Å². The van der Waals surface area contributed by atoms with Crippen molar-refractivity contribution in [1.82, 2.24) is 5.32 Å². The molecule has 9 nitrogen and oxygen atoms in total. The molecule has 3 aromatic rings. The summed E-state index contributed by atoms with van der Waals surface area (Å²) in [4.78, 5) is 25.2. The molecule has 3 rings (SSSR count). The number of amides is 1. The molecular weight excluding hydrogens is 510 g/mol. The maximum absolute atomic E-state index is 12.8. The maximum atomic E-state index is 12.8. The highest BCUT2D eigenvalue weighted by Crippen LogP contribution is 2.30. The molecule has 0 spiro atoms. The zero-order chi connectivity index (χ0) is 28.7. The van der Waals surface area contributed by atoms with Crippen molar-refractivity contribution in [2.24, 2.45) is 0 Å². The zero-order valence-electron chi connectivity index (χ0n) is 22.3. The van der Waals surface area contributed by atoms with E-state index in [4.69, 9.17) is 18.6 Å². The standard InChI is InChI=1S/C31H29N3O6/c1-3-5-14-38-26-11-8-22(9-12-26)16-25(20-33)31(36)40-28-13-10-23(18-29(28)37-4-2)17-24(19-32)30(35)34-21-27-7-6-15-39-27/h6-13,15-18H,3-5,14,21H2,1-2H3,(H,34,35)/b24-17+,25-16+. The first-order chi connectivity index (χ1) is 19.5. The summed E-state index contributed by atoms with van der Waals surface area (Å²) in [5.74, 6) is 0.127. The Morgan fingerprint density at radius 3 is 2.30 bits per heavy atom. The quantitative estimate of drug-likeness (QED) is 0.0976. The number of ether oxygens (including phenoxy) is 3. The lowest BCUT2D eigenvalue weighted by Gasteiger charge is -2.11. The van der Waals surface area contributed by atoms with Crippen molar-refractivity contribution < 1.29 is 28.2 Å². The van der Waals surface area contributed by atoms with Crippen LogP contribution in [0.5, 0.6) is 17.2 Å². The Morgan fingerprint density at radius 2 is 1.65 bits per heavy atom. The van der Waals surface area contributed by atoms with Gasteiger partial charge in [-0.1, -0.05) is 31.5 Å². The SMILES string of the molecule is CCCCOc1ccc(/C=C(\C#N)C(=O)Oc2ccc(/C=C(\C#N)C(=O)NCc3ccco3)cc2OCC)cc1. The van der Waals surface area contributed by atoms with E-state index in [1.807, 2.05) is 12.1 Å². The highest BCUT2D eigenvalue weighted by Gasteiger charge is 2.17. The summed E-state index contributed by atoms with van der Waals surface area (Å²) in [5.41, 5.74) is 0.780. The molecule has 1 N–H and O–H groups in total. The zero-order valence-corrected chi connectivity index (χ0v) is 22.3. The van der Waals surface area contributed by atoms with E-state index in [1.54, 1.807) is 49.4 Å². The maximum Gasteiger partial charge on any atom is 0.354 e. The van der Waals surface area contributed by atoms with Gasteiger partial charge in [0, 0.05) is 0 Å². The minimum atomic E-state index is -0.856. The summed E-state index contributed by atoms with van der Waals surface area (Å²) >= 11 is 0. The number of furan rings is 1. The van der Waals surface area contributed by atoms with E-state index in [9.17, 15) is 20.1 Å². The first kappa shape index (κ1) is 29.3. The van der Waals surface area contributed by atoms with Crippen LogP contribution in [0.2, 0.25) is 0 Å². The van der Waals surface area contributed by atoms with Crippen molar-refractivity contribution >= 4 is 24.0 Å². The highest BCUT2D eigenvalue weighted by atomic mass is 16.6. The van der Waals surface area contributed by atoms with Crippen LogP contribution in [0, 0.1) is 22.7 Å². The third kappa shape index (κ3) is 8.64. The Balaban J connectivity index is 1.73. The molecule has 204 valence electrons. The van der Waals surface area contributed by atoms with Crippen molar-refractivity contribution in [2.75, 3.05) is 13.2 Å². The van der Waals surface area contributed by atoms with Crippen LogP contribution >= 0.6 is 0 Å². The van der Waals surface area contributed by atoms with Crippen molar-refractivity contribution in [2.45, 2.75) is 33.2 Å². The lowest BCUT2D eigenvalue weighted by atomic mass is 10.1. The highest BCUT2D eigenvalue weighted by molar-refractivity contribution is 6.02. The number of nitriles is 2. The number of benzene rings is 2. The summed E-state index contributed by atoms with van der Waals surface area (Å²) in [6, 6.07) is 18.8. The monoisotopic (exact) mass is 539 g/mol. The second-order valence-corrected chi connectivity index (χ2v) is 8.40. The van der Waals surface area contributed by atoms with Crippen LogP contribution in [-0.2, 0) is 16.1 Å². The van der Waals surface area contributed by atoms with Gasteiger partial charge in [0.1, 0.15) is 34.8 Å². The Morgan fingerprint density at radius 1 is 0.925 bits per heavy atom. The molecule has 2 aromatic carbocycles. The van der Waals surface area contributed by atoms with Gasteiger partial charge in [-0.2, -0.15) is 10.5 Å². The van der Waals surface area contributed by atoms with Crippen LogP contribution in [0.25, 0.3) is 12.2 Å². The largest absolute Gasteiger partial charge is 0.494 e. The third-order valence-electron chi connectivity index (χ3n) is 5.45. The number of rotatable bonds is 13. The molecule has 0 saturated heterocycles. The molecule has 9 heteroatoms. The molecular formula is C31H29N3O6. The fourth-order valence-corrected chi connectivity index (χ4v) is 3.41. The Kier molecular flexibility index (Phi) is 11.1. The molecule has 0 aliphatic carbocycles. The second kappa shape index (κ2) is 15.2. The lowest BCUT2D eigenvalue weighted by Crippen LogP contribution is -2.23. The molecule has 40 heavy (non-hydrogen) atoms. The van der Waals surface area contributed by atoms with Gasteiger partial charge in [-0.15, -0.1) is 0 Å². The van der Waals surface area contributed by atoms with Gasteiger partial charge in [0.2, 0.25) is 0 Å². The number of hydrogen-bond acceptors (Lipinski definition) is 8. The van der Waals surface area contributed by atoms with Gasteiger partial charge >= 0.3 is 5.97 Å². The van der Waals surface area contributed by atoms with Crippen molar-refractivity contribution in [1.29, 1.82) is 10.5 Å². The van der Waals surface area contributed by atoms with Crippen molar-refractivity contribution in [3.63, 3.8) is 0 Å². The minimum Gasteiger partial charge on any atom is -0.494 e. The minimum absolute atomic E-state index is 0.0885. The molecule has 0 unspecified atom stereocenters. The van der Waals surface area contributed by atoms with E-state index in [-0.39, 0.29) is 35.8 Å². The number of hydrogen-bond donors (Lipinski definition) is 1. The van der Waals surface area contributed by atoms with E-state index in [0.29, 0.717) is 29.2 Å². The van der Waals surface area contributed by atoms with Gasteiger partial charge in [0.05, 0.1) is 26.0 Å². The molecule has 0 fully saturated rings. The van der Waals surface area contributed by atoms with Crippen LogP contribution in [-0.4, -0.2) is 25.1 Å². The number of carbonyl (C=O) groups excluding carboxylic acids is 2. The Labute approximate surface area is 232 Å². The average Bonchev–Trinajstić information content (AvgIpc) is 3.49. The first-order valence-corrected chi connectivity index (χ1v) is 12.7. The Bertz CT molecular complexity index is 1440. The molecule has 0 aliphatic heterocycles. The van der Waals surface area contributed by atoms with Crippen molar-refractivity contribution in [3.8, 4) is 29.4 Å². The molecule has 0 bridgehead atoms. The van der Waals surface area contributed by atoms with E-state index in [1.165, 1.54) is 30.5 Å². The Hall–Kier alpha value is -5.28. The predicted molar refractivity (Wildman–Crippen MR) is 148 cm³/mol. The third-order valence-corrected chi connectivity index (χ3v) is 5.45. The normalized spacial score (nSPS) is 11.2. The summed E-state index contributed by atoms with van der Waals surface area (Å²) < 4.78 is 21.9. The topological polar surface area (TPSA) is 135 Å². The fraction of sp³-hybridized carbons (Fsp3) is 0.226. The van der Waals surface area contributed by atoms with E-state index >= 15 is 0 Å². The molecule has 1 heterocycles. The van der Waals surface area contributed by atoms with Gasteiger partial charge in [-0.3, -0.25) is 4.79 Å². The molecule has 0 saturated carbocycles. The van der Waals surface area contributed by atoms with Gasteiger partial charge < -0.3 is 23.9 Å². The van der Waals surface area contributed by atoms with E-state index in [2.05, 4.69) is 12.2 Å². The van der Waals surface area contributed by atoms with Crippen LogP contribution < -0.4 is 19.5 Å². The van der Waals surface area contributed by atoms with Gasteiger partial charge in [0.25, 0.3) is 5.91 Å². The lowest BCUT2D eigenvalue weighted by molar-refractivity contribution is -0.129. The fourth-order valence-electron chi connectivity index (χ4n) is 3.41. The van der Waals surface area contributed by atoms with Gasteiger partial charge in [0.15, 0.2) is 11.5 Å². The number of nitrogens with zero attached hydrogens (tertiary/aromatic N) is 2. The van der Waals surface area contributed by atoms with E-state index < -0.39 is 11.9 Å². The van der Waals surface area contributed by atoms with Crippen LogP contribution in [0.4, 0.5) is 0 Å². The molecule has 1 amide bonds. The summed E-state index contributed by atoms with van der Waals surface area (Å²) in [5, 5.41) is 21.7. The van der Waals surface area contributed by atoms with Crippen LogP contribution in [0.3, 0.4) is 0 Å². The molecule has 1 aromatic heterocycles. The number of carbonyl (C=O) groups is 2. The summed E-state index contributed by atoms with van der Waals surface area (Å²) in [7, 11) is 0. The molecule has 0 radical (unpaired) electrons. The second-order valence-electron chi connectivity index (χ2n) is 8.40. The predicted octanol–water partition coefficient (Wildman–Crippen LogP) is 5.59. The van der Waals surface area contributed by atoms with Gasteiger partial charge in [-0.05, 0) is 73.0 Å². The summed E-state index contributed by atoms with van der Waals surface area (Å²) in [6.07, 6.45) is 6.29. The number of nitrogens with one attached hydrogen (secondary N) is 1. The number of esters is 1. The van der Waals surface area contributed by atoms with Crippen LogP contribution in [0.1, 0.15) is 43.6 Å². The molecule has 0 aliphatic rings. The van der Waals surface area contributed by atoms with Crippen molar-refractivity contribution in [3.05, 3.63) is 88.9 Å². The smallest absolute Gasteiger partial charge is 0.354 e. The van der Waals surface area contributed by atoms with Crippen LogP contribution in [0.15, 0.2) is 76.4 Å². The first-order valence-electron chi connectivity index (χ1n) is 12.7. The molecule has 0 atom stereocenters. The van der Waals surface area contributed by atoms with E-state index in [0.717, 1.165) is 12.8 Å². The summed E-state index contributed by atoms with van der Waals surface area (Å²) in [6.45, 7) is 4.86.